The third-order valence-corrected chi connectivity index (χ3v) is 4.59. The maximum atomic E-state index is 9.70. The molecule has 0 bridgehead atoms. The van der Waals surface area contributed by atoms with Crippen LogP contribution in [-0.2, 0) is 6.54 Å². The molecule has 4 heteroatoms. The molecule has 0 spiro atoms. The minimum atomic E-state index is -0.457. The maximum absolute atomic E-state index is 9.70. The summed E-state index contributed by atoms with van der Waals surface area (Å²) in [5, 5.41) is 14.2. The zero-order valence-electron chi connectivity index (χ0n) is 14.6. The third-order valence-electron chi connectivity index (χ3n) is 4.59. The second-order valence-electron chi connectivity index (χ2n) is 6.45. The minimum absolute atomic E-state index is 0.457. The standard InChI is InChI=1S/C22H21N3O/c1-15(26)18-3-2-4-19(13-18)25-14-16-5-7-17(8-6-16)20-9-11-23-22-21(20)10-12-24-22/h2-13,15,25-26H,14H2,1H3,(H,23,24). The number of aliphatic hydroxyl groups is 1. The SMILES string of the molecule is CC(O)c1cccc(NCc2ccc(-c3ccnc4[nH]ccc34)cc2)c1. The molecule has 3 N–H and O–H groups in total. The average molecular weight is 343 g/mol. The molecule has 0 saturated heterocycles. The summed E-state index contributed by atoms with van der Waals surface area (Å²) in [6, 6.07) is 20.6. The van der Waals surface area contributed by atoms with Crippen molar-refractivity contribution in [2.45, 2.75) is 19.6 Å². The fourth-order valence-electron chi connectivity index (χ4n) is 3.13. The zero-order valence-corrected chi connectivity index (χ0v) is 14.6. The number of hydrogen-bond donors (Lipinski definition) is 3. The molecular formula is C22H21N3O. The van der Waals surface area contributed by atoms with Gasteiger partial charge in [0.2, 0.25) is 0 Å². The number of anilines is 1. The molecule has 130 valence electrons. The van der Waals surface area contributed by atoms with E-state index in [1.165, 1.54) is 16.7 Å². The number of hydrogen-bond acceptors (Lipinski definition) is 3. The van der Waals surface area contributed by atoms with Gasteiger partial charge in [0.1, 0.15) is 5.65 Å². The van der Waals surface area contributed by atoms with Gasteiger partial charge in [0.25, 0.3) is 0 Å². The number of pyridine rings is 1. The molecule has 0 aliphatic carbocycles. The van der Waals surface area contributed by atoms with Gasteiger partial charge in [0, 0.05) is 30.0 Å². The van der Waals surface area contributed by atoms with Crippen molar-refractivity contribution in [2.24, 2.45) is 0 Å². The van der Waals surface area contributed by atoms with Crippen molar-refractivity contribution in [3.05, 3.63) is 84.2 Å². The summed E-state index contributed by atoms with van der Waals surface area (Å²) in [4.78, 5) is 7.50. The van der Waals surface area contributed by atoms with E-state index in [0.717, 1.165) is 28.8 Å². The zero-order chi connectivity index (χ0) is 17.9. The first-order chi connectivity index (χ1) is 12.7. The van der Waals surface area contributed by atoms with Crippen molar-refractivity contribution in [1.82, 2.24) is 9.97 Å². The van der Waals surface area contributed by atoms with Crippen LogP contribution in [0, 0.1) is 0 Å². The number of aromatic amines is 1. The smallest absolute Gasteiger partial charge is 0.137 e. The molecule has 4 nitrogen and oxygen atoms in total. The second kappa shape index (κ2) is 7.02. The number of nitrogens with zero attached hydrogens (tertiary/aromatic N) is 1. The monoisotopic (exact) mass is 343 g/mol. The first kappa shape index (κ1) is 16.4. The van der Waals surface area contributed by atoms with E-state index in [4.69, 9.17) is 0 Å². The predicted octanol–water partition coefficient (Wildman–Crippen LogP) is 4.90. The average Bonchev–Trinajstić information content (AvgIpc) is 3.16. The van der Waals surface area contributed by atoms with Crippen molar-refractivity contribution < 1.29 is 5.11 Å². The van der Waals surface area contributed by atoms with Crippen LogP contribution in [0.15, 0.2) is 73.1 Å². The summed E-state index contributed by atoms with van der Waals surface area (Å²) in [6.07, 6.45) is 3.29. The van der Waals surface area contributed by atoms with Gasteiger partial charge in [0.05, 0.1) is 6.10 Å². The van der Waals surface area contributed by atoms with Gasteiger partial charge in [-0.15, -0.1) is 0 Å². The number of benzene rings is 2. The Bertz CT molecular complexity index is 1020. The van der Waals surface area contributed by atoms with E-state index in [-0.39, 0.29) is 0 Å². The van der Waals surface area contributed by atoms with E-state index in [2.05, 4.69) is 45.6 Å². The summed E-state index contributed by atoms with van der Waals surface area (Å²) in [5.74, 6) is 0. The number of nitrogens with one attached hydrogen (secondary N) is 2. The topological polar surface area (TPSA) is 60.9 Å². The van der Waals surface area contributed by atoms with Crippen molar-refractivity contribution >= 4 is 16.7 Å². The Morgan fingerprint density at radius 1 is 1.08 bits per heavy atom. The molecule has 2 aromatic carbocycles. The Kier molecular flexibility index (Phi) is 4.42. The normalized spacial score (nSPS) is 12.2. The van der Waals surface area contributed by atoms with Gasteiger partial charge in [-0.1, -0.05) is 36.4 Å². The van der Waals surface area contributed by atoms with Gasteiger partial charge in [-0.25, -0.2) is 4.98 Å². The molecule has 0 aliphatic rings. The summed E-state index contributed by atoms with van der Waals surface area (Å²) in [5.41, 5.74) is 6.40. The maximum Gasteiger partial charge on any atom is 0.137 e. The van der Waals surface area contributed by atoms with Crippen LogP contribution in [0.4, 0.5) is 5.69 Å². The molecule has 4 aromatic rings. The number of rotatable bonds is 5. The number of aromatic nitrogens is 2. The van der Waals surface area contributed by atoms with Crippen molar-refractivity contribution in [1.29, 1.82) is 0 Å². The Hall–Kier alpha value is -3.11. The van der Waals surface area contributed by atoms with Crippen LogP contribution in [0.2, 0.25) is 0 Å². The molecule has 0 fully saturated rings. The van der Waals surface area contributed by atoms with Gasteiger partial charge < -0.3 is 15.4 Å². The van der Waals surface area contributed by atoms with E-state index < -0.39 is 6.10 Å². The largest absolute Gasteiger partial charge is 0.389 e. The number of H-pyrrole nitrogens is 1. The van der Waals surface area contributed by atoms with E-state index in [9.17, 15) is 5.11 Å². The molecule has 1 atom stereocenters. The Balaban J connectivity index is 1.50. The highest BCUT2D eigenvalue weighted by Gasteiger charge is 2.06. The molecule has 0 amide bonds. The summed E-state index contributed by atoms with van der Waals surface area (Å²) in [7, 11) is 0. The third kappa shape index (κ3) is 3.32. The fraction of sp³-hybridized carbons (Fsp3) is 0.136. The highest BCUT2D eigenvalue weighted by atomic mass is 16.3. The van der Waals surface area contributed by atoms with E-state index in [1.54, 1.807) is 6.92 Å². The van der Waals surface area contributed by atoms with Crippen molar-refractivity contribution in [2.75, 3.05) is 5.32 Å². The Morgan fingerprint density at radius 3 is 2.73 bits per heavy atom. The minimum Gasteiger partial charge on any atom is -0.389 e. The lowest BCUT2D eigenvalue weighted by Gasteiger charge is -2.11. The lowest BCUT2D eigenvalue weighted by molar-refractivity contribution is 0.199. The Morgan fingerprint density at radius 2 is 1.92 bits per heavy atom. The van der Waals surface area contributed by atoms with Crippen LogP contribution in [0.1, 0.15) is 24.2 Å². The predicted molar refractivity (Wildman–Crippen MR) is 106 cm³/mol. The van der Waals surface area contributed by atoms with Gasteiger partial charge in [-0.2, -0.15) is 0 Å². The first-order valence-electron chi connectivity index (χ1n) is 8.74. The van der Waals surface area contributed by atoms with E-state index >= 15 is 0 Å². The fourth-order valence-corrected chi connectivity index (χ4v) is 3.13. The number of aliphatic hydroxyl groups excluding tert-OH is 1. The summed E-state index contributed by atoms with van der Waals surface area (Å²) >= 11 is 0. The van der Waals surface area contributed by atoms with Crippen LogP contribution in [0.3, 0.4) is 0 Å². The molecule has 2 aromatic heterocycles. The van der Waals surface area contributed by atoms with Gasteiger partial charge >= 0.3 is 0 Å². The molecule has 1 unspecified atom stereocenters. The van der Waals surface area contributed by atoms with Crippen LogP contribution in [0.25, 0.3) is 22.2 Å². The second-order valence-corrected chi connectivity index (χ2v) is 6.45. The molecule has 2 heterocycles. The first-order valence-corrected chi connectivity index (χ1v) is 8.74. The Labute approximate surface area is 152 Å². The quantitative estimate of drug-likeness (QED) is 0.483. The lowest BCUT2D eigenvalue weighted by atomic mass is 10.0. The van der Waals surface area contributed by atoms with Crippen LogP contribution in [0.5, 0.6) is 0 Å². The van der Waals surface area contributed by atoms with Crippen LogP contribution < -0.4 is 5.32 Å². The summed E-state index contributed by atoms with van der Waals surface area (Å²) in [6.45, 7) is 2.51. The van der Waals surface area contributed by atoms with Crippen molar-refractivity contribution in [3.63, 3.8) is 0 Å². The van der Waals surface area contributed by atoms with Gasteiger partial charge in [-0.3, -0.25) is 0 Å². The van der Waals surface area contributed by atoms with Gasteiger partial charge in [0.15, 0.2) is 0 Å². The molecule has 0 saturated carbocycles. The van der Waals surface area contributed by atoms with Crippen LogP contribution in [-0.4, -0.2) is 15.1 Å². The van der Waals surface area contributed by atoms with Crippen LogP contribution >= 0.6 is 0 Å². The molecule has 26 heavy (non-hydrogen) atoms. The van der Waals surface area contributed by atoms with E-state index in [0.29, 0.717) is 0 Å². The highest BCUT2D eigenvalue weighted by Crippen LogP contribution is 2.27. The van der Waals surface area contributed by atoms with Gasteiger partial charge in [-0.05, 0) is 53.4 Å². The number of fused-ring (bicyclic) bond motifs is 1. The molecule has 0 aliphatic heterocycles. The van der Waals surface area contributed by atoms with E-state index in [1.807, 2.05) is 42.7 Å². The van der Waals surface area contributed by atoms with Crippen molar-refractivity contribution in [3.8, 4) is 11.1 Å². The molecule has 0 radical (unpaired) electrons. The molecule has 4 rings (SSSR count). The highest BCUT2D eigenvalue weighted by molar-refractivity contribution is 5.92. The summed E-state index contributed by atoms with van der Waals surface area (Å²) < 4.78 is 0. The lowest BCUT2D eigenvalue weighted by Crippen LogP contribution is -2.00. The molecular weight excluding hydrogens is 322 g/mol.